The van der Waals surface area contributed by atoms with E-state index in [4.69, 9.17) is 14.5 Å². The van der Waals surface area contributed by atoms with Gasteiger partial charge in [0, 0.05) is 11.6 Å². The molecule has 7 heteroatoms. The standard InChI is InChI=1S/C10H11O6P/c1-3-10(11)15-8-5-4-6-9(7(8)2)16-17(12,13)14/h3-6H,1H2,2H3,(H2,12,13,14). The molecule has 0 aliphatic heterocycles. The van der Waals surface area contributed by atoms with Gasteiger partial charge < -0.3 is 9.26 Å². The molecule has 6 nitrogen and oxygen atoms in total. The first-order valence-corrected chi connectivity index (χ1v) is 6.05. The zero-order valence-electron chi connectivity index (χ0n) is 8.99. The second kappa shape index (κ2) is 5.14. The number of phosphoric acid groups is 1. The SMILES string of the molecule is C=CC(=O)Oc1cccc(OP(=O)(O)O)c1C. The maximum absolute atomic E-state index is 11.0. The normalized spacial score (nSPS) is 10.8. The van der Waals surface area contributed by atoms with Crippen LogP contribution in [-0.2, 0) is 9.36 Å². The Labute approximate surface area is 97.7 Å². The Hall–Kier alpha value is -1.62. The van der Waals surface area contributed by atoms with Gasteiger partial charge in [-0.3, -0.25) is 9.79 Å². The van der Waals surface area contributed by atoms with Gasteiger partial charge in [-0.05, 0) is 19.1 Å². The largest absolute Gasteiger partial charge is 0.524 e. The first-order chi connectivity index (χ1) is 7.83. The number of rotatable bonds is 4. The molecule has 0 saturated carbocycles. The van der Waals surface area contributed by atoms with Crippen molar-refractivity contribution in [1.29, 1.82) is 0 Å². The number of hydrogen-bond acceptors (Lipinski definition) is 4. The Bertz CT molecular complexity index is 490. The van der Waals surface area contributed by atoms with Crippen LogP contribution in [0.4, 0.5) is 0 Å². The minimum absolute atomic E-state index is 0.0484. The van der Waals surface area contributed by atoms with Crippen LogP contribution >= 0.6 is 7.82 Å². The maximum Gasteiger partial charge on any atom is 0.524 e. The van der Waals surface area contributed by atoms with Crippen LogP contribution in [0.15, 0.2) is 30.9 Å². The van der Waals surface area contributed by atoms with Gasteiger partial charge in [-0.2, -0.15) is 0 Å². The molecule has 0 aliphatic carbocycles. The first kappa shape index (κ1) is 13.4. The lowest BCUT2D eigenvalue weighted by Crippen LogP contribution is -2.05. The monoisotopic (exact) mass is 258 g/mol. The van der Waals surface area contributed by atoms with E-state index in [9.17, 15) is 9.36 Å². The summed E-state index contributed by atoms with van der Waals surface area (Å²) in [5.41, 5.74) is 0.311. The lowest BCUT2D eigenvalue weighted by Gasteiger charge is -2.12. The molecular formula is C10H11O6P. The zero-order valence-corrected chi connectivity index (χ0v) is 9.89. The average molecular weight is 258 g/mol. The van der Waals surface area contributed by atoms with E-state index in [0.717, 1.165) is 6.08 Å². The second-order valence-corrected chi connectivity index (χ2v) is 4.25. The van der Waals surface area contributed by atoms with Crippen molar-refractivity contribution >= 4 is 13.8 Å². The van der Waals surface area contributed by atoms with Crippen molar-refractivity contribution in [2.24, 2.45) is 0 Å². The van der Waals surface area contributed by atoms with E-state index in [2.05, 4.69) is 11.1 Å². The van der Waals surface area contributed by atoms with Crippen molar-refractivity contribution in [1.82, 2.24) is 0 Å². The van der Waals surface area contributed by atoms with Crippen LogP contribution in [0.1, 0.15) is 5.56 Å². The van der Waals surface area contributed by atoms with Gasteiger partial charge in [0.25, 0.3) is 0 Å². The number of esters is 1. The van der Waals surface area contributed by atoms with Gasteiger partial charge in [0.05, 0.1) is 0 Å². The van der Waals surface area contributed by atoms with E-state index >= 15 is 0 Å². The number of carbonyl (C=O) groups is 1. The van der Waals surface area contributed by atoms with Crippen LogP contribution < -0.4 is 9.26 Å². The second-order valence-electron chi connectivity index (χ2n) is 3.09. The fraction of sp³-hybridized carbons (Fsp3) is 0.100. The van der Waals surface area contributed by atoms with Crippen LogP contribution in [0.2, 0.25) is 0 Å². The van der Waals surface area contributed by atoms with Crippen LogP contribution in [0.25, 0.3) is 0 Å². The molecule has 0 heterocycles. The van der Waals surface area contributed by atoms with Crippen molar-refractivity contribution in [2.45, 2.75) is 6.92 Å². The van der Waals surface area contributed by atoms with E-state index in [1.54, 1.807) is 0 Å². The van der Waals surface area contributed by atoms with Gasteiger partial charge in [-0.1, -0.05) is 12.6 Å². The topological polar surface area (TPSA) is 93.1 Å². The highest BCUT2D eigenvalue weighted by atomic mass is 31.2. The predicted molar refractivity (Wildman–Crippen MR) is 59.7 cm³/mol. The van der Waals surface area contributed by atoms with Gasteiger partial charge in [0.2, 0.25) is 0 Å². The Kier molecular flexibility index (Phi) is 4.07. The summed E-state index contributed by atoms with van der Waals surface area (Å²) in [6.45, 7) is 4.75. The highest BCUT2D eigenvalue weighted by Crippen LogP contribution is 2.40. The van der Waals surface area contributed by atoms with E-state index in [0.29, 0.717) is 5.56 Å². The summed E-state index contributed by atoms with van der Waals surface area (Å²) in [5, 5.41) is 0. The molecule has 0 saturated heterocycles. The number of ether oxygens (including phenoxy) is 1. The fourth-order valence-electron chi connectivity index (χ4n) is 1.08. The molecule has 0 amide bonds. The average Bonchev–Trinajstić information content (AvgIpc) is 2.22. The third kappa shape index (κ3) is 4.03. The summed E-state index contributed by atoms with van der Waals surface area (Å²) in [6.07, 6.45) is 0.982. The molecule has 1 aromatic carbocycles. The number of carbonyl (C=O) groups excluding carboxylic acids is 1. The molecule has 0 aromatic heterocycles. The van der Waals surface area contributed by atoms with E-state index in [1.165, 1.54) is 25.1 Å². The Morgan fingerprint density at radius 2 is 2.00 bits per heavy atom. The predicted octanol–water partition coefficient (Wildman–Crippen LogP) is 1.56. The van der Waals surface area contributed by atoms with Crippen molar-refractivity contribution in [3.05, 3.63) is 36.4 Å². The molecule has 1 aromatic rings. The molecule has 0 fully saturated rings. The Morgan fingerprint density at radius 1 is 1.41 bits per heavy atom. The minimum Gasteiger partial charge on any atom is -0.423 e. The van der Waals surface area contributed by atoms with Crippen LogP contribution in [0.3, 0.4) is 0 Å². The van der Waals surface area contributed by atoms with E-state index in [-0.39, 0.29) is 11.5 Å². The molecule has 92 valence electrons. The van der Waals surface area contributed by atoms with Crippen molar-refractivity contribution < 1.29 is 28.4 Å². The van der Waals surface area contributed by atoms with Crippen LogP contribution in [0.5, 0.6) is 11.5 Å². The summed E-state index contributed by atoms with van der Waals surface area (Å²) in [6, 6.07) is 4.28. The van der Waals surface area contributed by atoms with Crippen LogP contribution in [0, 0.1) is 6.92 Å². The van der Waals surface area contributed by atoms with Crippen LogP contribution in [-0.4, -0.2) is 15.8 Å². The van der Waals surface area contributed by atoms with Gasteiger partial charge in [0.15, 0.2) is 0 Å². The molecule has 0 bridgehead atoms. The van der Waals surface area contributed by atoms with Gasteiger partial charge in [-0.15, -0.1) is 0 Å². The molecule has 0 spiro atoms. The summed E-state index contributed by atoms with van der Waals surface area (Å²) in [7, 11) is -4.64. The third-order valence-corrected chi connectivity index (χ3v) is 2.26. The lowest BCUT2D eigenvalue weighted by molar-refractivity contribution is -0.129. The Morgan fingerprint density at radius 3 is 2.53 bits per heavy atom. The quantitative estimate of drug-likeness (QED) is 0.368. The highest BCUT2D eigenvalue weighted by Gasteiger charge is 2.19. The molecule has 0 atom stereocenters. The molecule has 1 rings (SSSR count). The molecule has 17 heavy (non-hydrogen) atoms. The molecule has 0 radical (unpaired) electrons. The number of benzene rings is 1. The number of hydrogen-bond donors (Lipinski definition) is 2. The van der Waals surface area contributed by atoms with Crippen molar-refractivity contribution in [3.63, 3.8) is 0 Å². The van der Waals surface area contributed by atoms with Gasteiger partial charge >= 0.3 is 13.8 Å². The minimum atomic E-state index is -4.64. The molecule has 0 unspecified atom stereocenters. The van der Waals surface area contributed by atoms with Crippen molar-refractivity contribution in [2.75, 3.05) is 0 Å². The summed E-state index contributed by atoms with van der Waals surface area (Å²) in [5.74, 6) is -0.560. The first-order valence-electron chi connectivity index (χ1n) is 4.52. The Balaban J connectivity index is 3.03. The maximum atomic E-state index is 11.0. The van der Waals surface area contributed by atoms with Gasteiger partial charge in [0.1, 0.15) is 11.5 Å². The third-order valence-electron chi connectivity index (χ3n) is 1.83. The lowest BCUT2D eigenvalue weighted by atomic mass is 10.2. The highest BCUT2D eigenvalue weighted by molar-refractivity contribution is 7.46. The van der Waals surface area contributed by atoms with Gasteiger partial charge in [-0.25, -0.2) is 9.36 Å². The molecular weight excluding hydrogens is 247 g/mol. The van der Waals surface area contributed by atoms with E-state index < -0.39 is 13.8 Å². The molecule has 2 N–H and O–H groups in total. The fourth-order valence-corrected chi connectivity index (χ4v) is 1.54. The smallest absolute Gasteiger partial charge is 0.423 e. The number of phosphoric ester groups is 1. The van der Waals surface area contributed by atoms with Crippen molar-refractivity contribution in [3.8, 4) is 11.5 Å². The van der Waals surface area contributed by atoms with E-state index in [1.807, 2.05) is 0 Å². The summed E-state index contributed by atoms with van der Waals surface area (Å²) < 4.78 is 20.0. The summed E-state index contributed by atoms with van der Waals surface area (Å²) >= 11 is 0. The molecule has 0 aliphatic rings. The zero-order chi connectivity index (χ0) is 13.1. The summed E-state index contributed by atoms with van der Waals surface area (Å²) in [4.78, 5) is 28.4.